The van der Waals surface area contributed by atoms with Gasteiger partial charge in [-0.2, -0.15) is 0 Å². The van der Waals surface area contributed by atoms with E-state index in [0.29, 0.717) is 16.3 Å². The number of carbonyl (C=O) groups excluding carboxylic acids is 3. The highest BCUT2D eigenvalue weighted by molar-refractivity contribution is 6.34. The second kappa shape index (κ2) is 8.84. The van der Waals surface area contributed by atoms with Gasteiger partial charge in [-0.15, -0.1) is 0 Å². The van der Waals surface area contributed by atoms with Crippen LogP contribution in [0.3, 0.4) is 0 Å². The molecule has 0 atom stereocenters. The van der Waals surface area contributed by atoms with Crippen LogP contribution in [-0.4, -0.2) is 24.1 Å². The first kappa shape index (κ1) is 17.7. The van der Waals surface area contributed by atoms with Gasteiger partial charge < -0.3 is 10.6 Å². The highest BCUT2D eigenvalue weighted by Gasteiger charge is 2.12. The van der Waals surface area contributed by atoms with Gasteiger partial charge in [-0.05, 0) is 24.3 Å². The van der Waals surface area contributed by atoms with E-state index in [4.69, 9.17) is 11.6 Å². The highest BCUT2D eigenvalue weighted by Crippen LogP contribution is 2.17. The normalized spacial score (nSPS) is 10.0. The van der Waals surface area contributed by atoms with Gasteiger partial charge in [-0.3, -0.25) is 14.4 Å². The molecule has 124 valence electrons. The maximum Gasteiger partial charge on any atom is 0.243 e. The number of halogens is 1. The number of amides is 2. The molecule has 5 nitrogen and oxygen atoms in total. The molecule has 0 aliphatic rings. The van der Waals surface area contributed by atoms with Crippen molar-refractivity contribution in [2.45, 2.75) is 12.8 Å². The minimum absolute atomic E-state index is 0.00265. The summed E-state index contributed by atoms with van der Waals surface area (Å²) in [6.07, 6.45) is 0.0402. The van der Waals surface area contributed by atoms with Crippen LogP contribution in [0.2, 0.25) is 5.02 Å². The molecule has 2 amide bonds. The van der Waals surface area contributed by atoms with Crippen molar-refractivity contribution in [1.82, 2.24) is 5.32 Å². The van der Waals surface area contributed by atoms with E-state index in [2.05, 4.69) is 10.6 Å². The standard InChI is InChI=1S/C18H17ClN2O3/c19-15-9-5-4-8-14(15)16(22)10-11-17(23)20-12-18(24)21-13-6-2-1-3-7-13/h1-9H,10-12H2,(H,20,23)(H,21,24). The van der Waals surface area contributed by atoms with Gasteiger partial charge in [0, 0.05) is 24.1 Å². The first-order valence-electron chi connectivity index (χ1n) is 7.45. The summed E-state index contributed by atoms with van der Waals surface area (Å²) in [5, 5.41) is 5.51. The van der Waals surface area contributed by atoms with E-state index in [1.165, 1.54) is 0 Å². The first-order valence-corrected chi connectivity index (χ1v) is 7.83. The Balaban J connectivity index is 1.72. The number of carbonyl (C=O) groups is 3. The summed E-state index contributed by atoms with van der Waals surface area (Å²) >= 11 is 5.94. The lowest BCUT2D eigenvalue weighted by Gasteiger charge is -2.07. The molecule has 0 aliphatic carbocycles. The molecular formula is C18H17ClN2O3. The topological polar surface area (TPSA) is 75.3 Å². The summed E-state index contributed by atoms with van der Waals surface area (Å²) < 4.78 is 0. The van der Waals surface area contributed by atoms with Crippen molar-refractivity contribution in [2.24, 2.45) is 0 Å². The number of Topliss-reactive ketones (excluding diaryl/α,β-unsaturated/α-hetero) is 1. The van der Waals surface area contributed by atoms with Crippen LogP contribution in [-0.2, 0) is 9.59 Å². The molecule has 0 fully saturated rings. The molecule has 0 bridgehead atoms. The van der Waals surface area contributed by atoms with Gasteiger partial charge in [-0.1, -0.05) is 41.9 Å². The molecule has 2 rings (SSSR count). The van der Waals surface area contributed by atoms with Crippen LogP contribution < -0.4 is 10.6 Å². The van der Waals surface area contributed by atoms with E-state index < -0.39 is 0 Å². The molecule has 0 saturated heterocycles. The Morgan fingerprint density at radius 3 is 2.21 bits per heavy atom. The molecule has 0 spiro atoms. The monoisotopic (exact) mass is 344 g/mol. The van der Waals surface area contributed by atoms with Crippen molar-refractivity contribution in [2.75, 3.05) is 11.9 Å². The average molecular weight is 345 g/mol. The van der Waals surface area contributed by atoms with E-state index in [0.717, 1.165) is 0 Å². The van der Waals surface area contributed by atoms with Gasteiger partial charge in [0.15, 0.2) is 5.78 Å². The summed E-state index contributed by atoms with van der Waals surface area (Å²) in [6, 6.07) is 15.6. The third kappa shape index (κ3) is 5.52. The fourth-order valence-corrected chi connectivity index (χ4v) is 2.28. The molecule has 2 N–H and O–H groups in total. The summed E-state index contributed by atoms with van der Waals surface area (Å²) in [5.74, 6) is -0.893. The quantitative estimate of drug-likeness (QED) is 0.758. The SMILES string of the molecule is O=C(CCC(=O)c1ccccc1Cl)NCC(=O)Nc1ccccc1. The van der Waals surface area contributed by atoms with Crippen molar-refractivity contribution in [3.63, 3.8) is 0 Å². The first-order chi connectivity index (χ1) is 11.6. The molecule has 2 aromatic rings. The van der Waals surface area contributed by atoms with Gasteiger partial charge in [0.2, 0.25) is 11.8 Å². The molecule has 0 aromatic heterocycles. The summed E-state index contributed by atoms with van der Waals surface area (Å²) in [4.78, 5) is 35.5. The van der Waals surface area contributed by atoms with Crippen LogP contribution in [0.5, 0.6) is 0 Å². The number of nitrogens with one attached hydrogen (secondary N) is 2. The molecule has 2 aromatic carbocycles. The van der Waals surface area contributed by atoms with Crippen LogP contribution >= 0.6 is 11.6 Å². The number of anilines is 1. The third-order valence-electron chi connectivity index (χ3n) is 3.26. The Morgan fingerprint density at radius 2 is 1.50 bits per heavy atom. The Kier molecular flexibility index (Phi) is 6.51. The van der Waals surface area contributed by atoms with Crippen molar-refractivity contribution in [1.29, 1.82) is 0 Å². The Morgan fingerprint density at radius 1 is 0.833 bits per heavy atom. The van der Waals surface area contributed by atoms with Crippen LogP contribution in [0, 0.1) is 0 Å². The second-order valence-corrected chi connectivity index (χ2v) is 5.50. The van der Waals surface area contributed by atoms with Gasteiger partial charge in [0.25, 0.3) is 0 Å². The molecule has 0 radical (unpaired) electrons. The van der Waals surface area contributed by atoms with E-state index in [9.17, 15) is 14.4 Å². The van der Waals surface area contributed by atoms with Gasteiger partial charge >= 0.3 is 0 Å². The third-order valence-corrected chi connectivity index (χ3v) is 3.59. The fourth-order valence-electron chi connectivity index (χ4n) is 2.04. The van der Waals surface area contributed by atoms with Gasteiger partial charge in [0.05, 0.1) is 11.6 Å². The molecule has 6 heteroatoms. The maximum atomic E-state index is 12.0. The molecule has 0 aliphatic heterocycles. The van der Waals surface area contributed by atoms with Crippen LogP contribution in [0.15, 0.2) is 54.6 Å². The van der Waals surface area contributed by atoms with Gasteiger partial charge in [0.1, 0.15) is 0 Å². The van der Waals surface area contributed by atoms with E-state index in [1.54, 1.807) is 48.5 Å². The molecule has 24 heavy (non-hydrogen) atoms. The smallest absolute Gasteiger partial charge is 0.243 e. The maximum absolute atomic E-state index is 12.0. The summed E-state index contributed by atoms with van der Waals surface area (Å²) in [6.45, 7) is -0.145. The molecular weight excluding hydrogens is 328 g/mol. The number of benzene rings is 2. The molecule has 0 saturated carbocycles. The zero-order valence-corrected chi connectivity index (χ0v) is 13.7. The Hall–Kier alpha value is -2.66. The van der Waals surface area contributed by atoms with Crippen LogP contribution in [0.4, 0.5) is 5.69 Å². The number of para-hydroxylation sites is 1. The molecule has 0 unspecified atom stereocenters. The van der Waals surface area contributed by atoms with Crippen molar-refractivity contribution in [3.05, 3.63) is 65.2 Å². The molecule has 0 heterocycles. The minimum atomic E-state index is -0.362. The van der Waals surface area contributed by atoms with E-state index in [1.807, 2.05) is 6.07 Å². The second-order valence-electron chi connectivity index (χ2n) is 5.09. The van der Waals surface area contributed by atoms with Crippen LogP contribution in [0.1, 0.15) is 23.2 Å². The van der Waals surface area contributed by atoms with E-state index in [-0.39, 0.29) is 37.0 Å². The summed E-state index contributed by atoms with van der Waals surface area (Å²) in [5.41, 5.74) is 1.06. The largest absolute Gasteiger partial charge is 0.347 e. The van der Waals surface area contributed by atoms with E-state index >= 15 is 0 Å². The van der Waals surface area contributed by atoms with Crippen molar-refractivity contribution < 1.29 is 14.4 Å². The van der Waals surface area contributed by atoms with Crippen LogP contribution in [0.25, 0.3) is 0 Å². The van der Waals surface area contributed by atoms with Crippen molar-refractivity contribution >= 4 is 34.9 Å². The predicted octanol–water partition coefficient (Wildman–Crippen LogP) is 3.06. The predicted molar refractivity (Wildman–Crippen MR) is 93.1 cm³/mol. The highest BCUT2D eigenvalue weighted by atomic mass is 35.5. The number of ketones is 1. The zero-order chi connectivity index (χ0) is 17.4. The average Bonchev–Trinajstić information content (AvgIpc) is 2.59. The number of hydrogen-bond acceptors (Lipinski definition) is 3. The minimum Gasteiger partial charge on any atom is -0.347 e. The zero-order valence-electron chi connectivity index (χ0n) is 12.9. The lowest BCUT2D eigenvalue weighted by molar-refractivity contribution is -0.124. The summed E-state index contributed by atoms with van der Waals surface area (Å²) in [7, 11) is 0. The number of hydrogen-bond donors (Lipinski definition) is 2. The number of rotatable bonds is 7. The van der Waals surface area contributed by atoms with Gasteiger partial charge in [-0.25, -0.2) is 0 Å². The fraction of sp³-hybridized carbons (Fsp3) is 0.167. The Labute approximate surface area is 145 Å². The lowest BCUT2D eigenvalue weighted by Crippen LogP contribution is -2.33. The Bertz CT molecular complexity index is 732. The van der Waals surface area contributed by atoms with Crippen molar-refractivity contribution in [3.8, 4) is 0 Å². The lowest BCUT2D eigenvalue weighted by atomic mass is 10.1.